The van der Waals surface area contributed by atoms with Gasteiger partial charge < -0.3 is 13.6 Å². The monoisotopic (exact) mass is 381 g/mol. The van der Waals surface area contributed by atoms with Crippen molar-refractivity contribution in [2.24, 2.45) is 0 Å². The largest absolute Gasteiger partial charge is 0.497 e. The van der Waals surface area contributed by atoms with Gasteiger partial charge in [-0.3, -0.25) is 4.90 Å². The SMILES string of the molecule is COc1ccc2c(CN(Cc3ccco3)Cc3cccs3)cc(=O)oc2c1. The fraction of sp³-hybridized carbons (Fsp3) is 0.190. The van der Waals surface area contributed by atoms with Crippen LogP contribution in [0.1, 0.15) is 16.2 Å². The summed E-state index contributed by atoms with van der Waals surface area (Å²) in [7, 11) is 1.59. The van der Waals surface area contributed by atoms with E-state index in [0.29, 0.717) is 24.4 Å². The standard InChI is InChI=1S/C21H19NO4S/c1-24-16-6-7-19-15(10-21(23)26-20(19)11-16)12-22(13-17-4-2-8-25-17)14-18-5-3-9-27-18/h2-11H,12-14H2,1H3. The lowest BCUT2D eigenvalue weighted by Crippen LogP contribution is -2.22. The van der Waals surface area contributed by atoms with Crippen molar-refractivity contribution in [3.05, 3.63) is 86.8 Å². The molecule has 0 radical (unpaired) electrons. The topological polar surface area (TPSA) is 55.8 Å². The van der Waals surface area contributed by atoms with Crippen molar-refractivity contribution in [3.63, 3.8) is 0 Å². The van der Waals surface area contributed by atoms with Crippen LogP contribution in [-0.4, -0.2) is 12.0 Å². The predicted molar refractivity (Wildman–Crippen MR) is 105 cm³/mol. The highest BCUT2D eigenvalue weighted by atomic mass is 32.1. The lowest BCUT2D eigenvalue weighted by Gasteiger charge is -2.21. The van der Waals surface area contributed by atoms with Crippen LogP contribution in [0, 0.1) is 0 Å². The van der Waals surface area contributed by atoms with E-state index in [0.717, 1.165) is 23.3 Å². The molecule has 0 fully saturated rings. The molecule has 3 aromatic heterocycles. The smallest absolute Gasteiger partial charge is 0.336 e. The first-order chi connectivity index (χ1) is 13.2. The Labute approximate surface area is 160 Å². The summed E-state index contributed by atoms with van der Waals surface area (Å²) >= 11 is 1.72. The summed E-state index contributed by atoms with van der Waals surface area (Å²) in [5, 5.41) is 2.98. The van der Waals surface area contributed by atoms with Gasteiger partial charge in [-0.05, 0) is 41.3 Å². The number of furan rings is 1. The van der Waals surface area contributed by atoms with Gasteiger partial charge in [-0.1, -0.05) is 6.07 Å². The number of nitrogens with zero attached hydrogens (tertiary/aromatic N) is 1. The molecule has 0 saturated heterocycles. The molecule has 138 valence electrons. The van der Waals surface area contributed by atoms with Gasteiger partial charge in [-0.25, -0.2) is 4.79 Å². The molecule has 0 amide bonds. The Kier molecular flexibility index (Phi) is 5.09. The summed E-state index contributed by atoms with van der Waals surface area (Å²) in [6.07, 6.45) is 1.68. The molecule has 0 N–H and O–H groups in total. The third-order valence-corrected chi connectivity index (χ3v) is 5.21. The van der Waals surface area contributed by atoms with E-state index in [2.05, 4.69) is 16.3 Å². The van der Waals surface area contributed by atoms with Crippen LogP contribution in [0.2, 0.25) is 0 Å². The second kappa shape index (κ2) is 7.82. The number of rotatable bonds is 7. The number of thiophene rings is 1. The van der Waals surface area contributed by atoms with Crippen molar-refractivity contribution in [1.82, 2.24) is 4.90 Å². The second-order valence-corrected chi connectivity index (χ2v) is 7.29. The summed E-state index contributed by atoms with van der Waals surface area (Å²) in [6, 6.07) is 15.1. The Bertz CT molecular complexity index is 1030. The van der Waals surface area contributed by atoms with Gasteiger partial charge in [0.15, 0.2) is 0 Å². The van der Waals surface area contributed by atoms with E-state index in [9.17, 15) is 4.79 Å². The molecule has 0 atom stereocenters. The predicted octanol–water partition coefficient (Wildman–Crippen LogP) is 4.66. The van der Waals surface area contributed by atoms with Crippen LogP contribution >= 0.6 is 11.3 Å². The van der Waals surface area contributed by atoms with Crippen molar-refractivity contribution in [3.8, 4) is 5.75 Å². The molecule has 6 heteroatoms. The minimum absolute atomic E-state index is 0.361. The van der Waals surface area contributed by atoms with E-state index in [1.807, 2.05) is 30.3 Å². The zero-order valence-electron chi connectivity index (χ0n) is 14.9. The minimum atomic E-state index is -0.361. The second-order valence-electron chi connectivity index (χ2n) is 6.26. The highest BCUT2D eigenvalue weighted by Crippen LogP contribution is 2.25. The van der Waals surface area contributed by atoms with Crippen LogP contribution in [0.15, 0.2) is 73.8 Å². The lowest BCUT2D eigenvalue weighted by molar-refractivity contribution is 0.229. The molecular weight excluding hydrogens is 362 g/mol. The average molecular weight is 381 g/mol. The molecule has 0 aliphatic carbocycles. The molecule has 0 bridgehead atoms. The zero-order chi connectivity index (χ0) is 18.6. The molecule has 0 aliphatic rings. The summed E-state index contributed by atoms with van der Waals surface area (Å²) in [5.41, 5.74) is 1.10. The van der Waals surface area contributed by atoms with Crippen molar-refractivity contribution in [2.45, 2.75) is 19.6 Å². The number of ether oxygens (including phenoxy) is 1. The van der Waals surface area contributed by atoms with Gasteiger partial charge in [-0.2, -0.15) is 0 Å². The third-order valence-electron chi connectivity index (χ3n) is 4.35. The molecule has 3 heterocycles. The van der Waals surface area contributed by atoms with Gasteiger partial charge in [0.25, 0.3) is 0 Å². The molecule has 5 nitrogen and oxygen atoms in total. The quantitative estimate of drug-likeness (QED) is 0.436. The number of benzene rings is 1. The first-order valence-electron chi connectivity index (χ1n) is 8.59. The molecule has 4 aromatic rings. The van der Waals surface area contributed by atoms with E-state index in [1.165, 1.54) is 4.88 Å². The highest BCUT2D eigenvalue weighted by Gasteiger charge is 2.14. The van der Waals surface area contributed by atoms with Gasteiger partial charge in [-0.15, -0.1) is 11.3 Å². The van der Waals surface area contributed by atoms with Gasteiger partial charge in [0.05, 0.1) is 19.9 Å². The molecular formula is C21H19NO4S. The third kappa shape index (κ3) is 4.13. The fourth-order valence-electron chi connectivity index (χ4n) is 3.12. The number of fused-ring (bicyclic) bond motifs is 1. The van der Waals surface area contributed by atoms with E-state index in [-0.39, 0.29) is 5.63 Å². The van der Waals surface area contributed by atoms with E-state index < -0.39 is 0 Å². The van der Waals surface area contributed by atoms with Crippen LogP contribution < -0.4 is 10.4 Å². The number of methoxy groups -OCH3 is 1. The maximum atomic E-state index is 12.1. The molecule has 0 spiro atoms. The lowest BCUT2D eigenvalue weighted by atomic mass is 10.1. The van der Waals surface area contributed by atoms with Crippen molar-refractivity contribution in [1.29, 1.82) is 0 Å². The van der Waals surface area contributed by atoms with Crippen LogP contribution in [0.5, 0.6) is 5.75 Å². The van der Waals surface area contributed by atoms with Gasteiger partial charge in [0, 0.05) is 35.5 Å². The molecule has 1 aromatic carbocycles. The maximum Gasteiger partial charge on any atom is 0.336 e. The summed E-state index contributed by atoms with van der Waals surface area (Å²) in [5.74, 6) is 1.55. The first-order valence-corrected chi connectivity index (χ1v) is 9.47. The van der Waals surface area contributed by atoms with E-state index in [4.69, 9.17) is 13.6 Å². The summed E-state index contributed by atoms with van der Waals surface area (Å²) in [6.45, 7) is 2.03. The number of hydrogen-bond acceptors (Lipinski definition) is 6. The zero-order valence-corrected chi connectivity index (χ0v) is 15.7. The Morgan fingerprint density at radius 3 is 2.74 bits per heavy atom. The minimum Gasteiger partial charge on any atom is -0.497 e. The van der Waals surface area contributed by atoms with Crippen LogP contribution in [0.3, 0.4) is 0 Å². The van der Waals surface area contributed by atoms with Gasteiger partial charge in [0.2, 0.25) is 0 Å². The van der Waals surface area contributed by atoms with Crippen molar-refractivity contribution in [2.75, 3.05) is 7.11 Å². The normalized spacial score (nSPS) is 11.3. The molecule has 4 rings (SSSR count). The highest BCUT2D eigenvalue weighted by molar-refractivity contribution is 7.09. The van der Waals surface area contributed by atoms with Gasteiger partial charge in [0.1, 0.15) is 17.1 Å². The Morgan fingerprint density at radius 2 is 2.00 bits per heavy atom. The molecule has 0 unspecified atom stereocenters. The van der Waals surface area contributed by atoms with Crippen LogP contribution in [0.25, 0.3) is 11.0 Å². The maximum absolute atomic E-state index is 12.1. The fourth-order valence-corrected chi connectivity index (χ4v) is 3.87. The Hall–Kier alpha value is -2.83. The molecule has 27 heavy (non-hydrogen) atoms. The van der Waals surface area contributed by atoms with E-state index >= 15 is 0 Å². The average Bonchev–Trinajstić information content (AvgIpc) is 3.35. The van der Waals surface area contributed by atoms with Gasteiger partial charge >= 0.3 is 5.63 Å². The summed E-state index contributed by atoms with van der Waals surface area (Å²) < 4.78 is 16.1. The Balaban J connectivity index is 1.68. The summed E-state index contributed by atoms with van der Waals surface area (Å²) in [4.78, 5) is 15.6. The van der Waals surface area contributed by atoms with E-state index in [1.54, 1.807) is 36.8 Å². The molecule has 0 aliphatic heterocycles. The molecule has 0 saturated carbocycles. The van der Waals surface area contributed by atoms with Crippen LogP contribution in [-0.2, 0) is 19.6 Å². The first kappa shape index (κ1) is 17.6. The Morgan fingerprint density at radius 1 is 1.07 bits per heavy atom. The number of hydrogen-bond donors (Lipinski definition) is 0. The van der Waals surface area contributed by atoms with Crippen molar-refractivity contribution < 1.29 is 13.6 Å². The van der Waals surface area contributed by atoms with Crippen molar-refractivity contribution >= 4 is 22.3 Å². The van der Waals surface area contributed by atoms with Crippen LogP contribution in [0.4, 0.5) is 0 Å².